The molecule has 14 heavy (non-hydrogen) atoms. The average Bonchev–Trinajstić information content (AvgIpc) is 2.67. The Morgan fingerprint density at radius 1 is 1.21 bits per heavy atom. The van der Waals surface area contributed by atoms with Gasteiger partial charge in [-0.1, -0.05) is 13.3 Å². The van der Waals surface area contributed by atoms with Crippen molar-refractivity contribution in [1.82, 2.24) is 5.32 Å². The fourth-order valence-corrected chi connectivity index (χ4v) is 4.29. The molecule has 3 saturated carbocycles. The Hall–Kier alpha value is -0.0400. The molecule has 3 aliphatic carbocycles. The summed E-state index contributed by atoms with van der Waals surface area (Å²) in [6.45, 7) is 2.49. The van der Waals surface area contributed by atoms with Crippen LogP contribution in [0.1, 0.15) is 45.4 Å². The Morgan fingerprint density at radius 3 is 2.43 bits per heavy atom. The van der Waals surface area contributed by atoms with Crippen molar-refractivity contribution >= 4 is 0 Å². The molecular formula is C13H23N. The maximum Gasteiger partial charge on any atom is 0.0149 e. The van der Waals surface area contributed by atoms with Crippen molar-refractivity contribution in [2.75, 3.05) is 7.05 Å². The summed E-state index contributed by atoms with van der Waals surface area (Å²) in [5.74, 6) is 3.20. The van der Waals surface area contributed by atoms with E-state index < -0.39 is 0 Å². The van der Waals surface area contributed by atoms with Gasteiger partial charge in [0.15, 0.2) is 0 Å². The van der Waals surface area contributed by atoms with Gasteiger partial charge in [-0.2, -0.15) is 0 Å². The zero-order chi connectivity index (χ0) is 9.76. The van der Waals surface area contributed by atoms with Crippen molar-refractivity contribution < 1.29 is 0 Å². The Morgan fingerprint density at radius 2 is 2.00 bits per heavy atom. The summed E-state index contributed by atoms with van der Waals surface area (Å²) in [6.07, 6.45) is 9.08. The Balaban J connectivity index is 1.74. The van der Waals surface area contributed by atoms with Gasteiger partial charge in [0.05, 0.1) is 0 Å². The number of hydrogen-bond donors (Lipinski definition) is 1. The van der Waals surface area contributed by atoms with E-state index in [-0.39, 0.29) is 0 Å². The van der Waals surface area contributed by atoms with Gasteiger partial charge in [-0.05, 0) is 62.3 Å². The van der Waals surface area contributed by atoms with Crippen molar-refractivity contribution in [3.05, 3.63) is 0 Å². The molecule has 0 radical (unpaired) electrons. The van der Waals surface area contributed by atoms with Crippen LogP contribution in [0.5, 0.6) is 0 Å². The van der Waals surface area contributed by atoms with E-state index in [1.165, 1.54) is 32.1 Å². The van der Waals surface area contributed by atoms with Gasteiger partial charge in [-0.25, -0.2) is 0 Å². The fraction of sp³-hybridized carbons (Fsp3) is 1.00. The highest BCUT2D eigenvalue weighted by molar-refractivity contribution is 5.06. The summed E-state index contributed by atoms with van der Waals surface area (Å²) >= 11 is 0. The molecule has 0 aromatic heterocycles. The maximum absolute atomic E-state index is 3.63. The molecule has 2 bridgehead atoms. The van der Waals surface area contributed by atoms with Crippen molar-refractivity contribution in [1.29, 1.82) is 0 Å². The van der Waals surface area contributed by atoms with E-state index in [1.807, 2.05) is 0 Å². The molecular weight excluding hydrogens is 170 g/mol. The van der Waals surface area contributed by atoms with Crippen molar-refractivity contribution in [3.63, 3.8) is 0 Å². The summed E-state index contributed by atoms with van der Waals surface area (Å²) in [5.41, 5.74) is 0.671. The quantitative estimate of drug-likeness (QED) is 0.727. The molecule has 80 valence electrons. The van der Waals surface area contributed by atoms with Gasteiger partial charge < -0.3 is 5.32 Å². The zero-order valence-corrected chi connectivity index (χ0v) is 9.55. The van der Waals surface area contributed by atoms with Gasteiger partial charge in [0.25, 0.3) is 0 Å². The summed E-state index contributed by atoms with van der Waals surface area (Å²) < 4.78 is 0. The van der Waals surface area contributed by atoms with Crippen LogP contribution in [0.2, 0.25) is 0 Å². The second-order valence-electron chi connectivity index (χ2n) is 6.26. The Bertz CT molecular complexity index is 231. The highest BCUT2D eigenvalue weighted by atomic mass is 14.9. The highest BCUT2D eigenvalue weighted by Gasteiger charge is 2.52. The average molecular weight is 193 g/mol. The number of hydrogen-bond acceptors (Lipinski definition) is 1. The van der Waals surface area contributed by atoms with E-state index in [0.29, 0.717) is 5.41 Å². The fourth-order valence-electron chi connectivity index (χ4n) is 4.29. The minimum Gasteiger partial charge on any atom is -0.316 e. The molecule has 4 atom stereocenters. The normalized spacial score (nSPS) is 45.4. The predicted molar refractivity (Wildman–Crippen MR) is 59.1 cm³/mol. The molecule has 0 heterocycles. The molecule has 1 N–H and O–H groups in total. The lowest BCUT2D eigenvalue weighted by Gasteiger charge is -2.34. The molecule has 3 rings (SSSR count). The first kappa shape index (κ1) is 9.21. The van der Waals surface area contributed by atoms with Gasteiger partial charge in [0.2, 0.25) is 0 Å². The van der Waals surface area contributed by atoms with Crippen LogP contribution < -0.4 is 5.32 Å². The van der Waals surface area contributed by atoms with E-state index in [1.54, 1.807) is 6.42 Å². The largest absolute Gasteiger partial charge is 0.316 e. The number of fused-ring (bicyclic) bond motifs is 2. The zero-order valence-electron chi connectivity index (χ0n) is 9.55. The summed E-state index contributed by atoms with van der Waals surface area (Å²) in [5, 5.41) is 3.63. The molecule has 0 aliphatic heterocycles. The smallest absolute Gasteiger partial charge is 0.0149 e. The van der Waals surface area contributed by atoms with Gasteiger partial charge >= 0.3 is 0 Å². The van der Waals surface area contributed by atoms with Crippen LogP contribution in [-0.2, 0) is 0 Å². The second-order valence-corrected chi connectivity index (χ2v) is 6.26. The van der Waals surface area contributed by atoms with Gasteiger partial charge in [0, 0.05) is 6.04 Å². The van der Waals surface area contributed by atoms with E-state index in [2.05, 4.69) is 19.3 Å². The summed E-state index contributed by atoms with van der Waals surface area (Å²) in [7, 11) is 2.18. The molecule has 3 fully saturated rings. The van der Waals surface area contributed by atoms with Crippen molar-refractivity contribution in [3.8, 4) is 0 Å². The molecule has 0 aromatic rings. The summed E-state index contributed by atoms with van der Waals surface area (Å²) in [6, 6.07) is 0.831. The molecule has 4 unspecified atom stereocenters. The predicted octanol–water partition coefficient (Wildman–Crippen LogP) is 2.81. The molecule has 0 saturated heterocycles. The first-order valence-corrected chi connectivity index (χ1v) is 6.40. The molecule has 1 heteroatoms. The van der Waals surface area contributed by atoms with Gasteiger partial charge in [-0.3, -0.25) is 0 Å². The van der Waals surface area contributed by atoms with Crippen LogP contribution in [0.3, 0.4) is 0 Å². The van der Waals surface area contributed by atoms with E-state index in [4.69, 9.17) is 0 Å². The Kier molecular flexibility index (Phi) is 1.96. The van der Waals surface area contributed by atoms with Crippen molar-refractivity contribution in [2.24, 2.45) is 23.2 Å². The lowest BCUT2D eigenvalue weighted by atomic mass is 9.77. The third-order valence-electron chi connectivity index (χ3n) is 5.32. The third kappa shape index (κ3) is 1.25. The molecule has 0 spiro atoms. The minimum absolute atomic E-state index is 0.671. The van der Waals surface area contributed by atoms with Crippen LogP contribution in [0.15, 0.2) is 0 Å². The number of rotatable bonds is 3. The van der Waals surface area contributed by atoms with Crippen LogP contribution in [0, 0.1) is 23.2 Å². The highest BCUT2D eigenvalue weighted by Crippen LogP contribution is 2.57. The van der Waals surface area contributed by atoms with Crippen LogP contribution in [0.25, 0.3) is 0 Å². The maximum atomic E-state index is 3.63. The number of nitrogens with one attached hydrogen (secondary N) is 1. The van der Waals surface area contributed by atoms with Crippen LogP contribution >= 0.6 is 0 Å². The van der Waals surface area contributed by atoms with Crippen LogP contribution in [0.4, 0.5) is 0 Å². The van der Waals surface area contributed by atoms with Crippen LogP contribution in [-0.4, -0.2) is 13.1 Å². The SMILES string of the molecule is CNC(C1CC2CCC1C2)C1(C)CC1. The third-order valence-corrected chi connectivity index (χ3v) is 5.32. The van der Waals surface area contributed by atoms with E-state index in [9.17, 15) is 0 Å². The van der Waals surface area contributed by atoms with E-state index >= 15 is 0 Å². The summed E-state index contributed by atoms with van der Waals surface area (Å²) in [4.78, 5) is 0. The molecule has 3 aliphatic rings. The second kappa shape index (κ2) is 2.98. The topological polar surface area (TPSA) is 12.0 Å². The molecule has 1 nitrogen and oxygen atoms in total. The lowest BCUT2D eigenvalue weighted by molar-refractivity contribution is 0.195. The molecule has 0 amide bonds. The first-order chi connectivity index (χ1) is 6.73. The van der Waals surface area contributed by atoms with Crippen molar-refractivity contribution in [2.45, 2.75) is 51.5 Å². The standard InChI is InChI=1S/C13H23N/c1-13(5-6-13)12(14-2)11-8-9-3-4-10(11)7-9/h9-12,14H,3-8H2,1-2H3. The Labute approximate surface area is 87.7 Å². The first-order valence-electron chi connectivity index (χ1n) is 6.40. The molecule has 0 aromatic carbocycles. The van der Waals surface area contributed by atoms with E-state index in [0.717, 1.165) is 23.8 Å². The lowest BCUT2D eigenvalue weighted by Crippen LogP contribution is -2.42. The monoisotopic (exact) mass is 193 g/mol. The minimum atomic E-state index is 0.671. The van der Waals surface area contributed by atoms with Gasteiger partial charge in [-0.15, -0.1) is 0 Å². The van der Waals surface area contributed by atoms with Gasteiger partial charge in [0.1, 0.15) is 0 Å².